The third kappa shape index (κ3) is 4.13. The molecule has 1 unspecified atom stereocenters. The molecule has 28 heavy (non-hydrogen) atoms. The molecule has 0 bridgehead atoms. The second-order valence-corrected chi connectivity index (χ2v) is 12.4. The van der Waals surface area contributed by atoms with Gasteiger partial charge in [-0.2, -0.15) is 0 Å². The van der Waals surface area contributed by atoms with Crippen LogP contribution in [-0.2, 0) is 16.3 Å². The summed E-state index contributed by atoms with van der Waals surface area (Å²) in [6.07, 6.45) is -0.225. The highest BCUT2D eigenvalue weighted by Gasteiger charge is 2.44. The molecule has 3 atom stereocenters. The monoisotopic (exact) mass is 429 g/mol. The molecule has 142 valence electrons. The van der Waals surface area contributed by atoms with E-state index in [4.69, 9.17) is 20.9 Å². The molecule has 1 aliphatic heterocycles. The maximum Gasteiger partial charge on any atom is 0.298 e. The van der Waals surface area contributed by atoms with Crippen LogP contribution in [0.25, 0.3) is 0 Å². The summed E-state index contributed by atoms with van der Waals surface area (Å²) < 4.78 is 12.4. The molecule has 0 aliphatic carbocycles. The molecule has 0 N–H and O–H groups in total. The summed E-state index contributed by atoms with van der Waals surface area (Å²) in [5.41, 5.74) is -0.516. The molecule has 0 saturated carbocycles. The van der Waals surface area contributed by atoms with E-state index in [1.54, 1.807) is 12.1 Å². The summed E-state index contributed by atoms with van der Waals surface area (Å²) in [6, 6.07) is 26.0. The van der Waals surface area contributed by atoms with E-state index in [2.05, 4.69) is 12.1 Å². The lowest BCUT2D eigenvalue weighted by Crippen LogP contribution is -2.04. The van der Waals surface area contributed by atoms with E-state index >= 15 is 0 Å². The van der Waals surface area contributed by atoms with Crippen LogP contribution in [0.5, 0.6) is 5.75 Å². The molecular weight excluding hydrogens is 413 g/mol. The third-order valence-electron chi connectivity index (χ3n) is 4.28. The lowest BCUT2D eigenvalue weighted by molar-refractivity contribution is -0.384. The van der Waals surface area contributed by atoms with Gasteiger partial charge in [-0.3, -0.25) is 10.1 Å². The maximum absolute atomic E-state index is 10.8. The van der Waals surface area contributed by atoms with Gasteiger partial charge in [-0.1, -0.05) is 60.7 Å². The molecule has 1 saturated heterocycles. The van der Waals surface area contributed by atoms with Crippen molar-refractivity contribution in [2.75, 3.05) is 0 Å². The molecule has 3 aromatic carbocycles. The van der Waals surface area contributed by atoms with Gasteiger partial charge in [-0.15, -0.1) is 0 Å². The highest BCUT2D eigenvalue weighted by molar-refractivity contribution is 8.68. The first kappa shape index (κ1) is 19.2. The zero-order chi connectivity index (χ0) is 19.6. The largest absolute Gasteiger partial charge is 0.436 e. The third-order valence-corrected chi connectivity index (χ3v) is 9.40. The highest BCUT2D eigenvalue weighted by atomic mass is 32.9. The molecule has 0 aromatic heterocycles. The molecular formula is C20H16NO4PS2. The minimum Gasteiger partial charge on any atom is -0.436 e. The van der Waals surface area contributed by atoms with Crippen LogP contribution in [0.4, 0.5) is 5.69 Å². The van der Waals surface area contributed by atoms with Gasteiger partial charge < -0.3 is 9.05 Å². The number of non-ortho nitro benzene ring substituents is 1. The Bertz CT molecular complexity index is 964. The van der Waals surface area contributed by atoms with Gasteiger partial charge in [-0.25, -0.2) is 0 Å². The maximum atomic E-state index is 10.8. The van der Waals surface area contributed by atoms with Crippen molar-refractivity contribution < 1.29 is 14.0 Å². The highest BCUT2D eigenvalue weighted by Crippen LogP contribution is 2.76. The number of nitro benzene ring substituents is 1. The fraction of sp³-hybridized carbons (Fsp3) is 0.100. The number of rotatable bonds is 5. The normalized spacial score (nSPS) is 24.0. The van der Waals surface area contributed by atoms with Crippen LogP contribution in [0, 0.1) is 10.1 Å². The van der Waals surface area contributed by atoms with Gasteiger partial charge in [0.25, 0.3) is 11.4 Å². The zero-order valence-corrected chi connectivity index (χ0v) is 17.1. The second kappa shape index (κ2) is 8.05. The Balaban J connectivity index is 1.63. The number of nitrogens with zero attached hydrogens (tertiary/aromatic N) is 1. The Morgan fingerprint density at radius 3 is 2.07 bits per heavy atom. The van der Waals surface area contributed by atoms with E-state index in [0.717, 1.165) is 11.1 Å². The lowest BCUT2D eigenvalue weighted by Gasteiger charge is -2.18. The molecule has 0 spiro atoms. The Kier molecular flexibility index (Phi) is 5.51. The summed E-state index contributed by atoms with van der Waals surface area (Å²) in [7, 11) is 0. The summed E-state index contributed by atoms with van der Waals surface area (Å²) in [4.78, 5) is 10.4. The Labute approximate surface area is 171 Å². The van der Waals surface area contributed by atoms with Crippen LogP contribution >= 0.6 is 17.1 Å². The first-order valence-corrected chi connectivity index (χ1v) is 12.7. The SMILES string of the molecule is O=[N+]([O-])c1ccc(OP2(=S)O[C@@H](c3ccccc3)[C@H](c3ccccc3)S2)cc1. The first-order valence-electron chi connectivity index (χ1n) is 8.55. The van der Waals surface area contributed by atoms with E-state index in [1.807, 2.05) is 48.5 Å². The van der Waals surface area contributed by atoms with Gasteiger partial charge in [0.15, 0.2) is 0 Å². The van der Waals surface area contributed by atoms with E-state index < -0.39 is 10.6 Å². The van der Waals surface area contributed by atoms with Crippen molar-refractivity contribution in [3.8, 4) is 5.75 Å². The standard InChI is InChI=1S/C20H16NO4PS2/c22-21(23)17-11-13-18(14-12-17)24-26(27)25-19(15-7-3-1-4-8-15)20(28-26)16-9-5-2-6-10-16/h1-14,19-20H/t19-,20-,26?/m0/s1. The average Bonchev–Trinajstić information content (AvgIpc) is 3.07. The quantitative estimate of drug-likeness (QED) is 0.264. The van der Waals surface area contributed by atoms with Crippen molar-refractivity contribution in [1.82, 2.24) is 0 Å². The predicted molar refractivity (Wildman–Crippen MR) is 115 cm³/mol. The van der Waals surface area contributed by atoms with Gasteiger partial charge in [0.05, 0.1) is 10.2 Å². The average molecular weight is 429 g/mol. The summed E-state index contributed by atoms with van der Waals surface area (Å²) in [5, 5.41) is 10.8. The van der Waals surface area contributed by atoms with Crippen molar-refractivity contribution in [1.29, 1.82) is 0 Å². The molecule has 5 nitrogen and oxygen atoms in total. The first-order chi connectivity index (χ1) is 13.5. The molecule has 3 aromatic rings. The van der Waals surface area contributed by atoms with Crippen molar-refractivity contribution in [3.05, 3.63) is 106 Å². The van der Waals surface area contributed by atoms with Crippen LogP contribution in [0.2, 0.25) is 0 Å². The minimum atomic E-state index is -2.69. The van der Waals surface area contributed by atoms with Crippen molar-refractivity contribution in [2.45, 2.75) is 11.4 Å². The Morgan fingerprint density at radius 1 is 0.929 bits per heavy atom. The smallest absolute Gasteiger partial charge is 0.298 e. The topological polar surface area (TPSA) is 61.6 Å². The molecule has 4 rings (SSSR count). The summed E-state index contributed by atoms with van der Waals surface area (Å²) >= 11 is 7.31. The molecule has 0 amide bonds. The lowest BCUT2D eigenvalue weighted by atomic mass is 10.0. The molecule has 1 heterocycles. The van der Waals surface area contributed by atoms with E-state index in [-0.39, 0.29) is 17.0 Å². The number of nitro groups is 1. The van der Waals surface area contributed by atoms with Crippen LogP contribution in [0.15, 0.2) is 84.9 Å². The van der Waals surface area contributed by atoms with Gasteiger partial charge in [-0.05, 0) is 46.4 Å². The minimum absolute atomic E-state index is 0.00693. The van der Waals surface area contributed by atoms with E-state index in [1.165, 1.54) is 23.5 Å². The van der Waals surface area contributed by atoms with Crippen LogP contribution in [0.1, 0.15) is 22.5 Å². The van der Waals surface area contributed by atoms with Crippen molar-refractivity contribution in [2.24, 2.45) is 0 Å². The molecule has 1 aliphatic rings. The molecule has 8 heteroatoms. The Morgan fingerprint density at radius 2 is 1.50 bits per heavy atom. The predicted octanol–water partition coefficient (Wildman–Crippen LogP) is 6.44. The fourth-order valence-corrected chi connectivity index (χ4v) is 8.69. The van der Waals surface area contributed by atoms with Gasteiger partial charge >= 0.3 is 0 Å². The fourth-order valence-electron chi connectivity index (χ4n) is 2.97. The van der Waals surface area contributed by atoms with Crippen molar-refractivity contribution >= 4 is 34.6 Å². The van der Waals surface area contributed by atoms with Gasteiger partial charge in [0.1, 0.15) is 11.9 Å². The molecule has 0 radical (unpaired) electrons. The Hall–Kier alpha value is -2.18. The van der Waals surface area contributed by atoms with E-state index in [9.17, 15) is 10.1 Å². The van der Waals surface area contributed by atoms with Gasteiger partial charge in [0, 0.05) is 12.1 Å². The number of benzene rings is 3. The van der Waals surface area contributed by atoms with Gasteiger partial charge in [0.2, 0.25) is 0 Å². The van der Waals surface area contributed by atoms with Crippen molar-refractivity contribution in [3.63, 3.8) is 0 Å². The summed E-state index contributed by atoms with van der Waals surface area (Å²) in [6.45, 7) is 0. The summed E-state index contributed by atoms with van der Waals surface area (Å²) in [5.74, 6) is 0.474. The zero-order valence-electron chi connectivity index (χ0n) is 14.6. The van der Waals surface area contributed by atoms with E-state index in [0.29, 0.717) is 5.75 Å². The van der Waals surface area contributed by atoms with Crippen LogP contribution in [0.3, 0.4) is 0 Å². The molecule has 1 fully saturated rings. The van der Waals surface area contributed by atoms with Crippen LogP contribution < -0.4 is 4.52 Å². The number of hydrogen-bond donors (Lipinski definition) is 0. The van der Waals surface area contributed by atoms with Crippen LogP contribution in [-0.4, -0.2) is 4.92 Å². The number of hydrogen-bond acceptors (Lipinski definition) is 6. The second-order valence-electron chi connectivity index (χ2n) is 6.16.